The van der Waals surface area contributed by atoms with Gasteiger partial charge in [0.15, 0.2) is 0 Å². The Kier molecular flexibility index (Phi) is 16.8. The van der Waals surface area contributed by atoms with Crippen LogP contribution in [0.1, 0.15) is 141 Å². The summed E-state index contributed by atoms with van der Waals surface area (Å²) in [7, 11) is -1.69. The van der Waals surface area contributed by atoms with E-state index in [1.165, 1.54) is 141 Å². The molecule has 172 valence electrons. The fourth-order valence-electron chi connectivity index (χ4n) is 4.91. The summed E-state index contributed by atoms with van der Waals surface area (Å²) in [6.07, 6.45) is 31.2. The molecule has 0 aromatic carbocycles. The number of hydrogen-bond acceptors (Lipinski definition) is 3. The van der Waals surface area contributed by atoms with Gasteiger partial charge in [-0.1, -0.05) is 116 Å². The maximum absolute atomic E-state index is 6.26. The van der Waals surface area contributed by atoms with Gasteiger partial charge in [-0.2, -0.15) is 0 Å². The largest absolute Gasteiger partial charge is 0.424 e. The Balaban J connectivity index is 1.56. The third kappa shape index (κ3) is 14.9. The Bertz CT molecular complexity index is 301. The highest BCUT2D eigenvalue weighted by Gasteiger charge is 2.12. The first kappa shape index (κ1) is 25.6. The van der Waals surface area contributed by atoms with Gasteiger partial charge in [-0.25, -0.2) is 0 Å². The monoisotopic (exact) mass is 442 g/mol. The second-order valence-electron chi connectivity index (χ2n) is 9.54. The first-order chi connectivity index (χ1) is 14.4. The van der Waals surface area contributed by atoms with Gasteiger partial charge < -0.3 is 13.0 Å². The van der Waals surface area contributed by atoms with E-state index in [0.717, 1.165) is 0 Å². The Morgan fingerprint density at radius 2 is 0.586 bits per heavy atom. The van der Waals surface area contributed by atoms with Crippen LogP contribution < -0.4 is 0 Å². The summed E-state index contributed by atoms with van der Waals surface area (Å²) in [6, 6.07) is 0. The molecule has 0 aromatic rings. The van der Waals surface area contributed by atoms with Crippen LogP contribution in [0, 0.1) is 0 Å². The molecule has 0 heterocycles. The first-order valence-electron chi connectivity index (χ1n) is 13.3. The molecule has 0 amide bonds. The van der Waals surface area contributed by atoms with Crippen molar-refractivity contribution in [1.29, 1.82) is 0 Å². The van der Waals surface area contributed by atoms with E-state index < -0.39 is 20.0 Å². The fraction of sp³-hybridized carbons (Fsp3) is 1.00. The van der Waals surface area contributed by atoms with Gasteiger partial charge in [-0.15, -0.1) is 0 Å². The van der Waals surface area contributed by atoms with Crippen LogP contribution in [0.25, 0.3) is 0 Å². The van der Waals surface area contributed by atoms with Crippen molar-refractivity contribution in [3.63, 3.8) is 0 Å². The zero-order chi connectivity index (χ0) is 20.2. The van der Waals surface area contributed by atoms with Crippen LogP contribution in [0.2, 0.25) is 0 Å². The van der Waals surface area contributed by atoms with E-state index in [4.69, 9.17) is 13.0 Å². The highest BCUT2D eigenvalue weighted by molar-refractivity contribution is 6.34. The van der Waals surface area contributed by atoms with Gasteiger partial charge in [-0.3, -0.25) is 0 Å². The molecule has 0 unspecified atom stereocenters. The molecule has 0 radical (unpaired) electrons. The van der Waals surface area contributed by atoms with E-state index in [-0.39, 0.29) is 0 Å². The maximum atomic E-state index is 6.26. The van der Waals surface area contributed by atoms with Crippen LogP contribution in [0.4, 0.5) is 0 Å². The van der Waals surface area contributed by atoms with Crippen LogP contribution in [-0.2, 0) is 13.0 Å². The van der Waals surface area contributed by atoms with Gasteiger partial charge in [0.25, 0.3) is 20.0 Å². The Morgan fingerprint density at radius 3 is 0.862 bits per heavy atom. The number of hydrogen-bond donors (Lipinski definition) is 0. The van der Waals surface area contributed by atoms with E-state index in [9.17, 15) is 0 Å². The molecule has 0 bridgehead atoms. The van der Waals surface area contributed by atoms with E-state index in [1.54, 1.807) is 0 Å². The summed E-state index contributed by atoms with van der Waals surface area (Å²) in [6.45, 7) is 0. The molecule has 2 saturated carbocycles. The van der Waals surface area contributed by atoms with E-state index in [1.807, 2.05) is 0 Å². The van der Waals surface area contributed by atoms with Gasteiger partial charge in [0.1, 0.15) is 0 Å². The lowest BCUT2D eigenvalue weighted by molar-refractivity contribution is 0.134. The summed E-state index contributed by atoms with van der Waals surface area (Å²) in [5.74, 6) is 0. The van der Waals surface area contributed by atoms with Gasteiger partial charge in [0, 0.05) is 12.2 Å². The molecule has 0 atom stereocenters. The highest BCUT2D eigenvalue weighted by atomic mass is 28.3. The van der Waals surface area contributed by atoms with Gasteiger partial charge in [0.2, 0.25) is 0 Å². The van der Waals surface area contributed by atoms with Gasteiger partial charge >= 0.3 is 0 Å². The molecule has 29 heavy (non-hydrogen) atoms. The van der Waals surface area contributed by atoms with Crippen LogP contribution in [0.5, 0.6) is 0 Å². The van der Waals surface area contributed by atoms with E-state index in [2.05, 4.69) is 0 Å². The standard InChI is InChI=1S/C24H50O3Si2/c1-3-7-11-15-19-23(20-16-12-8-4-1)25-28-27-29-26-24-21-17-13-9-5-2-6-10-14-18-22-24/h23-24H,1-22,28-29H2. The van der Waals surface area contributed by atoms with Crippen LogP contribution >= 0.6 is 0 Å². The minimum absolute atomic E-state index is 0.469. The normalized spacial score (nSPS) is 24.8. The molecule has 3 nitrogen and oxygen atoms in total. The number of rotatable bonds is 6. The van der Waals surface area contributed by atoms with Gasteiger partial charge in [0.05, 0.1) is 0 Å². The lowest BCUT2D eigenvalue weighted by atomic mass is 10.00. The molecule has 0 aliphatic heterocycles. The van der Waals surface area contributed by atoms with Crippen molar-refractivity contribution >= 4 is 20.0 Å². The first-order valence-corrected chi connectivity index (χ1v) is 15.6. The minimum Gasteiger partial charge on any atom is -0.424 e. The van der Waals surface area contributed by atoms with Crippen molar-refractivity contribution in [2.24, 2.45) is 0 Å². The van der Waals surface area contributed by atoms with E-state index >= 15 is 0 Å². The fourth-order valence-corrected chi connectivity index (χ4v) is 7.00. The summed E-state index contributed by atoms with van der Waals surface area (Å²) in [5, 5.41) is 0. The Morgan fingerprint density at radius 1 is 0.345 bits per heavy atom. The van der Waals surface area contributed by atoms with Crippen molar-refractivity contribution in [3.05, 3.63) is 0 Å². The van der Waals surface area contributed by atoms with E-state index in [0.29, 0.717) is 12.2 Å². The predicted molar refractivity (Wildman–Crippen MR) is 129 cm³/mol. The van der Waals surface area contributed by atoms with Crippen molar-refractivity contribution in [1.82, 2.24) is 0 Å². The maximum Gasteiger partial charge on any atom is 0.295 e. The van der Waals surface area contributed by atoms with Crippen LogP contribution in [0.3, 0.4) is 0 Å². The summed E-state index contributed by atoms with van der Waals surface area (Å²) in [5.41, 5.74) is 0. The summed E-state index contributed by atoms with van der Waals surface area (Å²) < 4.78 is 18.5. The third-order valence-electron chi connectivity index (χ3n) is 6.88. The molecule has 2 aliphatic carbocycles. The lowest BCUT2D eigenvalue weighted by Crippen LogP contribution is -2.23. The van der Waals surface area contributed by atoms with Crippen molar-refractivity contribution in [2.75, 3.05) is 0 Å². The third-order valence-corrected chi connectivity index (χ3v) is 9.43. The highest BCUT2D eigenvalue weighted by Crippen LogP contribution is 2.20. The average Bonchev–Trinajstić information content (AvgIpc) is 2.71. The Hall–Kier alpha value is 0.314. The summed E-state index contributed by atoms with van der Waals surface area (Å²) in [4.78, 5) is 0. The molecule has 0 aromatic heterocycles. The molecule has 0 N–H and O–H groups in total. The molecule has 0 spiro atoms. The SMILES string of the molecule is C1CCCCCC(O[SiH2]O[SiH2]OC2CCCCCCCCCCC2)CCCCC1. The van der Waals surface area contributed by atoms with Crippen molar-refractivity contribution in [2.45, 2.75) is 153 Å². The molecule has 5 heteroatoms. The minimum atomic E-state index is -0.844. The zero-order valence-electron chi connectivity index (χ0n) is 19.4. The van der Waals surface area contributed by atoms with Crippen molar-refractivity contribution < 1.29 is 13.0 Å². The second kappa shape index (κ2) is 19.0. The average molecular weight is 443 g/mol. The van der Waals surface area contributed by atoms with Crippen LogP contribution in [-0.4, -0.2) is 32.2 Å². The molecule has 2 rings (SSSR count). The quantitative estimate of drug-likeness (QED) is 0.353. The Labute approximate surface area is 186 Å². The van der Waals surface area contributed by atoms with Crippen LogP contribution in [0.15, 0.2) is 0 Å². The van der Waals surface area contributed by atoms with Crippen molar-refractivity contribution in [3.8, 4) is 0 Å². The lowest BCUT2D eigenvalue weighted by Gasteiger charge is -2.21. The molecule has 2 fully saturated rings. The predicted octanol–water partition coefficient (Wildman–Crippen LogP) is 6.38. The molecule has 0 saturated heterocycles. The topological polar surface area (TPSA) is 27.7 Å². The smallest absolute Gasteiger partial charge is 0.295 e. The second-order valence-corrected chi connectivity index (χ2v) is 12.3. The molecule has 2 aliphatic rings. The molecular formula is C24H50O3Si2. The van der Waals surface area contributed by atoms with Gasteiger partial charge in [-0.05, 0) is 25.7 Å². The molecular weight excluding hydrogens is 392 g/mol. The zero-order valence-corrected chi connectivity index (χ0v) is 22.2. The summed E-state index contributed by atoms with van der Waals surface area (Å²) >= 11 is 0.